The second-order valence-electron chi connectivity index (χ2n) is 6.86. The molecule has 1 aromatic rings. The van der Waals surface area contributed by atoms with Crippen molar-refractivity contribution in [2.45, 2.75) is 63.2 Å². The zero-order chi connectivity index (χ0) is 18.4. The molecule has 0 unspecified atom stereocenters. The van der Waals surface area contributed by atoms with Gasteiger partial charge in [-0.15, -0.1) is 0 Å². The van der Waals surface area contributed by atoms with E-state index < -0.39 is 0 Å². The molecule has 1 heterocycles. The van der Waals surface area contributed by atoms with Crippen molar-refractivity contribution in [1.82, 2.24) is 4.90 Å². The first-order valence-electron chi connectivity index (χ1n) is 9.58. The third kappa shape index (κ3) is 4.87. The first-order valence-corrected chi connectivity index (χ1v) is 10.5. The lowest BCUT2D eigenvalue weighted by atomic mass is 10.1. The van der Waals surface area contributed by atoms with Crippen LogP contribution in [0.2, 0.25) is 0 Å². The fourth-order valence-electron chi connectivity index (χ4n) is 3.47. The largest absolute Gasteiger partial charge is 0.326 e. The normalized spacial score (nSPS) is 23.3. The molecule has 140 valence electrons. The van der Waals surface area contributed by atoms with Gasteiger partial charge in [0.15, 0.2) is 5.17 Å². The van der Waals surface area contributed by atoms with E-state index in [0.717, 1.165) is 23.7 Å². The zero-order valence-electron chi connectivity index (χ0n) is 15.3. The maximum absolute atomic E-state index is 12.7. The Bertz CT molecular complexity index is 654. The maximum Gasteiger partial charge on any atom is 0.242 e. The van der Waals surface area contributed by atoms with Crippen molar-refractivity contribution < 1.29 is 9.59 Å². The van der Waals surface area contributed by atoms with E-state index >= 15 is 0 Å². The zero-order valence-corrected chi connectivity index (χ0v) is 16.1. The SMILES string of the molecule is CCN1C(=O)[C@@H](CC(=O)Nc2ccccc2)SC1=NC1CCCCCC1. The Kier molecular flexibility index (Phi) is 6.72. The number of hydrogen-bond acceptors (Lipinski definition) is 4. The standard InChI is InChI=1S/C20H27N3O2S/c1-2-23-19(25)17(14-18(24)21-15-10-8-5-9-11-15)26-20(23)22-16-12-6-3-4-7-13-16/h5,8-11,16-17H,2-4,6-7,12-14H2,1H3,(H,21,24)/t17-/m1/s1. The Hall–Kier alpha value is -1.82. The molecule has 1 aromatic carbocycles. The first-order chi connectivity index (χ1) is 12.7. The Balaban J connectivity index is 1.63. The summed E-state index contributed by atoms with van der Waals surface area (Å²) >= 11 is 1.46. The lowest BCUT2D eigenvalue weighted by Gasteiger charge is -2.16. The first kappa shape index (κ1) is 19.0. The number of aliphatic imine (C=N–C) groups is 1. The number of rotatable bonds is 5. The van der Waals surface area contributed by atoms with E-state index in [1.165, 1.54) is 37.4 Å². The highest BCUT2D eigenvalue weighted by atomic mass is 32.2. The van der Waals surface area contributed by atoms with Gasteiger partial charge in [-0.1, -0.05) is 55.6 Å². The van der Waals surface area contributed by atoms with Gasteiger partial charge in [0.2, 0.25) is 11.8 Å². The van der Waals surface area contributed by atoms with Crippen molar-refractivity contribution in [2.24, 2.45) is 4.99 Å². The van der Waals surface area contributed by atoms with Crippen LogP contribution in [0, 0.1) is 0 Å². The highest BCUT2D eigenvalue weighted by Gasteiger charge is 2.38. The minimum Gasteiger partial charge on any atom is -0.326 e. The fourth-order valence-corrected chi connectivity index (χ4v) is 4.75. The summed E-state index contributed by atoms with van der Waals surface area (Å²) in [6.07, 6.45) is 7.40. The number of nitrogens with one attached hydrogen (secondary N) is 1. The molecule has 5 nitrogen and oxygen atoms in total. The number of hydrogen-bond donors (Lipinski definition) is 1. The molecule has 1 atom stereocenters. The quantitative estimate of drug-likeness (QED) is 0.792. The molecule has 3 rings (SSSR count). The molecule has 0 bridgehead atoms. The Morgan fingerprint density at radius 3 is 2.54 bits per heavy atom. The van der Waals surface area contributed by atoms with Crippen LogP contribution in [-0.2, 0) is 9.59 Å². The number of anilines is 1. The van der Waals surface area contributed by atoms with Crippen LogP contribution in [0.15, 0.2) is 35.3 Å². The molecule has 1 aliphatic carbocycles. The van der Waals surface area contributed by atoms with Crippen LogP contribution in [0.25, 0.3) is 0 Å². The van der Waals surface area contributed by atoms with Crippen LogP contribution in [0.4, 0.5) is 5.69 Å². The summed E-state index contributed by atoms with van der Waals surface area (Å²) in [6.45, 7) is 2.57. The predicted octanol–water partition coefficient (Wildman–Crippen LogP) is 4.06. The third-order valence-electron chi connectivity index (χ3n) is 4.88. The average Bonchev–Trinajstić information content (AvgIpc) is 2.80. The third-order valence-corrected chi connectivity index (χ3v) is 6.07. The van der Waals surface area contributed by atoms with Crippen molar-refractivity contribution in [2.75, 3.05) is 11.9 Å². The van der Waals surface area contributed by atoms with Gasteiger partial charge in [0.25, 0.3) is 0 Å². The minimum atomic E-state index is -0.372. The van der Waals surface area contributed by atoms with E-state index in [9.17, 15) is 9.59 Å². The Morgan fingerprint density at radius 2 is 1.88 bits per heavy atom. The number of amidine groups is 1. The summed E-state index contributed by atoms with van der Waals surface area (Å²) in [6, 6.07) is 9.67. The predicted molar refractivity (Wildman–Crippen MR) is 107 cm³/mol. The summed E-state index contributed by atoms with van der Waals surface area (Å²) in [5.41, 5.74) is 0.757. The second kappa shape index (κ2) is 9.21. The van der Waals surface area contributed by atoms with Gasteiger partial charge in [-0.3, -0.25) is 19.5 Å². The van der Waals surface area contributed by atoms with Gasteiger partial charge in [0.1, 0.15) is 5.25 Å². The van der Waals surface area contributed by atoms with Crippen LogP contribution in [-0.4, -0.2) is 39.7 Å². The smallest absolute Gasteiger partial charge is 0.242 e. The van der Waals surface area contributed by atoms with Gasteiger partial charge in [-0.2, -0.15) is 0 Å². The molecule has 0 radical (unpaired) electrons. The van der Waals surface area contributed by atoms with Gasteiger partial charge in [-0.05, 0) is 31.9 Å². The lowest BCUT2D eigenvalue weighted by molar-refractivity contribution is -0.128. The topological polar surface area (TPSA) is 61.8 Å². The van der Waals surface area contributed by atoms with Crippen LogP contribution < -0.4 is 5.32 Å². The van der Waals surface area contributed by atoms with Crippen molar-refractivity contribution in [3.63, 3.8) is 0 Å². The highest BCUT2D eigenvalue weighted by Crippen LogP contribution is 2.31. The van der Waals surface area contributed by atoms with E-state index in [2.05, 4.69) is 5.32 Å². The highest BCUT2D eigenvalue weighted by molar-refractivity contribution is 8.15. The Labute approximate surface area is 159 Å². The second-order valence-corrected chi connectivity index (χ2v) is 8.03. The number of benzene rings is 1. The van der Waals surface area contributed by atoms with Crippen LogP contribution >= 0.6 is 11.8 Å². The molecule has 1 saturated carbocycles. The monoisotopic (exact) mass is 373 g/mol. The number of thioether (sulfide) groups is 1. The number of nitrogens with zero attached hydrogens (tertiary/aromatic N) is 2. The summed E-state index contributed by atoms with van der Waals surface area (Å²) in [7, 11) is 0. The lowest BCUT2D eigenvalue weighted by Crippen LogP contribution is -2.33. The molecule has 1 N–H and O–H groups in total. The summed E-state index contributed by atoms with van der Waals surface area (Å²) in [5, 5.41) is 3.30. The summed E-state index contributed by atoms with van der Waals surface area (Å²) < 4.78 is 0. The van der Waals surface area contributed by atoms with E-state index in [0.29, 0.717) is 12.6 Å². The number of amides is 2. The molecule has 0 aromatic heterocycles. The van der Waals surface area contributed by atoms with Gasteiger partial charge in [0, 0.05) is 18.7 Å². The molecule has 2 aliphatic rings. The van der Waals surface area contributed by atoms with Gasteiger partial charge in [-0.25, -0.2) is 0 Å². The van der Waals surface area contributed by atoms with Crippen LogP contribution in [0.5, 0.6) is 0 Å². The summed E-state index contributed by atoms with van der Waals surface area (Å²) in [5.74, 6) is -0.123. The number of carbonyl (C=O) groups excluding carboxylic acids is 2. The summed E-state index contributed by atoms with van der Waals surface area (Å²) in [4.78, 5) is 31.6. The van der Waals surface area contributed by atoms with Crippen molar-refractivity contribution >= 4 is 34.4 Å². The van der Waals surface area contributed by atoms with E-state index in [-0.39, 0.29) is 23.5 Å². The molecule has 26 heavy (non-hydrogen) atoms. The van der Waals surface area contributed by atoms with E-state index in [4.69, 9.17) is 4.99 Å². The van der Waals surface area contributed by atoms with Crippen molar-refractivity contribution in [3.8, 4) is 0 Å². The van der Waals surface area contributed by atoms with Crippen molar-refractivity contribution in [1.29, 1.82) is 0 Å². The molecule has 1 saturated heterocycles. The maximum atomic E-state index is 12.7. The van der Waals surface area contributed by atoms with Crippen molar-refractivity contribution in [3.05, 3.63) is 30.3 Å². The Morgan fingerprint density at radius 1 is 1.19 bits per heavy atom. The van der Waals surface area contributed by atoms with Crippen LogP contribution in [0.3, 0.4) is 0 Å². The molecule has 1 aliphatic heterocycles. The van der Waals surface area contributed by atoms with Gasteiger partial charge < -0.3 is 5.32 Å². The van der Waals surface area contributed by atoms with Gasteiger partial charge in [0.05, 0.1) is 6.04 Å². The molecule has 2 fully saturated rings. The van der Waals surface area contributed by atoms with Gasteiger partial charge >= 0.3 is 0 Å². The fraction of sp³-hybridized carbons (Fsp3) is 0.550. The molecule has 0 spiro atoms. The van der Waals surface area contributed by atoms with E-state index in [1.54, 1.807) is 4.90 Å². The molecular formula is C20H27N3O2S. The number of carbonyl (C=O) groups is 2. The molecule has 2 amide bonds. The van der Waals surface area contributed by atoms with Crippen LogP contribution in [0.1, 0.15) is 51.9 Å². The average molecular weight is 374 g/mol. The molecular weight excluding hydrogens is 346 g/mol. The molecule has 6 heteroatoms. The number of para-hydroxylation sites is 1. The minimum absolute atomic E-state index is 0.00748. The van der Waals surface area contributed by atoms with E-state index in [1.807, 2.05) is 37.3 Å².